The summed E-state index contributed by atoms with van der Waals surface area (Å²) in [5.41, 5.74) is 7.13. The van der Waals surface area contributed by atoms with Crippen molar-refractivity contribution in [3.63, 3.8) is 0 Å². The zero-order valence-electron chi connectivity index (χ0n) is 11.6. The number of aryl methyl sites for hydroxylation is 2. The molecule has 0 bridgehead atoms. The SMILES string of the molecule is Cc1ncc(CN(C)S(=O)(=O)c2ccc(C)c(N)c2)s1. The lowest BCUT2D eigenvalue weighted by atomic mass is 10.2. The Morgan fingerprint density at radius 2 is 2.05 bits per heavy atom. The van der Waals surface area contributed by atoms with Gasteiger partial charge in [-0.3, -0.25) is 0 Å². The predicted molar refractivity (Wildman–Crippen MR) is 81.1 cm³/mol. The zero-order valence-corrected chi connectivity index (χ0v) is 13.3. The topological polar surface area (TPSA) is 76.3 Å². The molecule has 0 saturated carbocycles. The normalized spacial score (nSPS) is 12.0. The lowest BCUT2D eigenvalue weighted by Crippen LogP contribution is -2.26. The highest BCUT2D eigenvalue weighted by atomic mass is 32.2. The summed E-state index contributed by atoms with van der Waals surface area (Å²) in [4.78, 5) is 5.25. The summed E-state index contributed by atoms with van der Waals surface area (Å²) in [5.74, 6) is 0. The van der Waals surface area contributed by atoms with Crippen molar-refractivity contribution in [2.75, 3.05) is 12.8 Å². The van der Waals surface area contributed by atoms with Crippen molar-refractivity contribution in [1.82, 2.24) is 9.29 Å². The molecule has 0 saturated heterocycles. The number of anilines is 1. The van der Waals surface area contributed by atoms with Crippen LogP contribution in [0.5, 0.6) is 0 Å². The summed E-state index contributed by atoms with van der Waals surface area (Å²) in [6.45, 7) is 4.04. The Balaban J connectivity index is 2.27. The van der Waals surface area contributed by atoms with E-state index in [1.165, 1.54) is 21.7 Å². The van der Waals surface area contributed by atoms with Gasteiger partial charge in [0.25, 0.3) is 0 Å². The first-order chi connectivity index (χ1) is 9.30. The van der Waals surface area contributed by atoms with Crippen molar-refractivity contribution in [1.29, 1.82) is 0 Å². The van der Waals surface area contributed by atoms with Gasteiger partial charge in [0, 0.05) is 30.4 Å². The van der Waals surface area contributed by atoms with E-state index in [9.17, 15) is 8.42 Å². The zero-order chi connectivity index (χ0) is 14.9. The van der Waals surface area contributed by atoms with Crippen LogP contribution < -0.4 is 5.73 Å². The number of hydrogen-bond donors (Lipinski definition) is 1. The lowest BCUT2D eigenvalue weighted by Gasteiger charge is -2.16. The Hall–Kier alpha value is -1.44. The molecule has 2 N–H and O–H groups in total. The fourth-order valence-electron chi connectivity index (χ4n) is 1.74. The minimum Gasteiger partial charge on any atom is -0.398 e. The van der Waals surface area contributed by atoms with E-state index in [4.69, 9.17) is 5.73 Å². The van der Waals surface area contributed by atoms with E-state index in [-0.39, 0.29) is 4.90 Å². The first-order valence-corrected chi connectivity index (χ1v) is 8.30. The molecule has 2 rings (SSSR count). The molecule has 1 aromatic heterocycles. The number of nitrogens with zero attached hydrogens (tertiary/aromatic N) is 2. The number of hydrogen-bond acceptors (Lipinski definition) is 5. The van der Waals surface area contributed by atoms with Gasteiger partial charge in [0.15, 0.2) is 0 Å². The van der Waals surface area contributed by atoms with E-state index < -0.39 is 10.0 Å². The van der Waals surface area contributed by atoms with Crippen LogP contribution in [0.15, 0.2) is 29.3 Å². The molecular weight excluding hydrogens is 294 g/mol. The van der Waals surface area contributed by atoms with Crippen molar-refractivity contribution < 1.29 is 8.42 Å². The summed E-state index contributed by atoms with van der Waals surface area (Å²) in [6.07, 6.45) is 1.70. The molecule has 0 fully saturated rings. The fraction of sp³-hybridized carbons (Fsp3) is 0.308. The summed E-state index contributed by atoms with van der Waals surface area (Å²) in [5, 5.41) is 0.922. The number of rotatable bonds is 4. The third-order valence-electron chi connectivity index (χ3n) is 3.01. The van der Waals surface area contributed by atoms with Gasteiger partial charge in [0.1, 0.15) is 0 Å². The molecule has 0 atom stereocenters. The van der Waals surface area contributed by atoms with Crippen LogP contribution in [-0.4, -0.2) is 24.8 Å². The third kappa shape index (κ3) is 3.00. The van der Waals surface area contributed by atoms with E-state index in [2.05, 4.69) is 4.98 Å². The molecule has 0 spiro atoms. The van der Waals surface area contributed by atoms with Crippen molar-refractivity contribution in [3.8, 4) is 0 Å². The van der Waals surface area contributed by atoms with Gasteiger partial charge in [-0.1, -0.05) is 6.07 Å². The average molecular weight is 311 g/mol. The molecule has 108 valence electrons. The highest BCUT2D eigenvalue weighted by molar-refractivity contribution is 7.89. The molecule has 2 aromatic rings. The molecule has 0 radical (unpaired) electrons. The van der Waals surface area contributed by atoms with Gasteiger partial charge in [0.05, 0.1) is 9.90 Å². The molecular formula is C13H17N3O2S2. The molecule has 7 heteroatoms. The van der Waals surface area contributed by atoms with Crippen LogP contribution in [0.2, 0.25) is 0 Å². The minimum absolute atomic E-state index is 0.212. The quantitative estimate of drug-likeness (QED) is 0.878. The predicted octanol–water partition coefficient (Wildman–Crippen LogP) is 2.16. The number of thiazole rings is 1. The van der Waals surface area contributed by atoms with E-state index in [1.807, 2.05) is 13.8 Å². The summed E-state index contributed by atoms with van der Waals surface area (Å²) in [6, 6.07) is 4.79. The first kappa shape index (κ1) is 15.0. The minimum atomic E-state index is -3.53. The standard InChI is InChI=1S/C13H17N3O2S2/c1-9-4-5-12(6-13(9)14)20(17,18)16(3)8-11-7-15-10(2)19-11/h4-7H,8,14H2,1-3H3. The molecule has 0 aliphatic rings. The molecule has 20 heavy (non-hydrogen) atoms. The summed E-state index contributed by atoms with van der Waals surface area (Å²) >= 11 is 1.49. The van der Waals surface area contributed by atoms with Crippen molar-refractivity contribution in [2.24, 2.45) is 0 Å². The van der Waals surface area contributed by atoms with Gasteiger partial charge < -0.3 is 5.73 Å². The third-order valence-corrected chi connectivity index (χ3v) is 5.70. The van der Waals surface area contributed by atoms with Crippen LogP contribution in [0.1, 0.15) is 15.4 Å². The Labute approximate surface area is 123 Å². The van der Waals surface area contributed by atoms with E-state index in [0.29, 0.717) is 12.2 Å². The lowest BCUT2D eigenvalue weighted by molar-refractivity contribution is 0.469. The second-order valence-electron chi connectivity index (χ2n) is 4.63. The van der Waals surface area contributed by atoms with Crippen molar-refractivity contribution in [2.45, 2.75) is 25.3 Å². The highest BCUT2D eigenvalue weighted by Crippen LogP contribution is 2.22. The van der Waals surface area contributed by atoms with Gasteiger partial charge >= 0.3 is 0 Å². The Morgan fingerprint density at radius 3 is 2.60 bits per heavy atom. The number of nitrogens with two attached hydrogens (primary N) is 1. The van der Waals surface area contributed by atoms with Crippen LogP contribution in [0.4, 0.5) is 5.69 Å². The number of benzene rings is 1. The smallest absolute Gasteiger partial charge is 0.243 e. The van der Waals surface area contributed by atoms with Crippen LogP contribution in [0.3, 0.4) is 0 Å². The maximum Gasteiger partial charge on any atom is 0.243 e. The molecule has 0 amide bonds. The van der Waals surface area contributed by atoms with Crippen molar-refractivity contribution in [3.05, 3.63) is 39.8 Å². The molecule has 1 aromatic carbocycles. The van der Waals surface area contributed by atoms with Crippen LogP contribution in [-0.2, 0) is 16.6 Å². The van der Waals surface area contributed by atoms with Gasteiger partial charge in [-0.15, -0.1) is 11.3 Å². The first-order valence-electron chi connectivity index (χ1n) is 6.04. The van der Waals surface area contributed by atoms with E-state index in [1.54, 1.807) is 25.4 Å². The van der Waals surface area contributed by atoms with Crippen LogP contribution >= 0.6 is 11.3 Å². The van der Waals surface area contributed by atoms with Crippen LogP contribution in [0, 0.1) is 13.8 Å². The fourth-order valence-corrected chi connectivity index (χ4v) is 3.86. The molecule has 1 heterocycles. The second-order valence-corrected chi connectivity index (χ2v) is 7.99. The van der Waals surface area contributed by atoms with Gasteiger partial charge in [-0.05, 0) is 31.5 Å². The highest BCUT2D eigenvalue weighted by Gasteiger charge is 2.22. The maximum absolute atomic E-state index is 12.5. The van der Waals surface area contributed by atoms with E-state index >= 15 is 0 Å². The monoisotopic (exact) mass is 311 g/mol. The average Bonchev–Trinajstić information content (AvgIpc) is 2.78. The Morgan fingerprint density at radius 1 is 1.35 bits per heavy atom. The van der Waals surface area contributed by atoms with Crippen molar-refractivity contribution >= 4 is 27.0 Å². The molecule has 5 nitrogen and oxygen atoms in total. The van der Waals surface area contributed by atoms with Gasteiger partial charge in [-0.25, -0.2) is 13.4 Å². The van der Waals surface area contributed by atoms with E-state index in [0.717, 1.165) is 15.4 Å². The number of aromatic nitrogens is 1. The summed E-state index contributed by atoms with van der Waals surface area (Å²) < 4.78 is 26.2. The van der Waals surface area contributed by atoms with Gasteiger partial charge in [0.2, 0.25) is 10.0 Å². The second kappa shape index (κ2) is 5.51. The molecule has 0 unspecified atom stereocenters. The number of nitrogen functional groups attached to an aromatic ring is 1. The Kier molecular flexibility index (Phi) is 4.12. The Bertz CT molecular complexity index is 723. The van der Waals surface area contributed by atoms with Crippen LogP contribution in [0.25, 0.3) is 0 Å². The van der Waals surface area contributed by atoms with Gasteiger partial charge in [-0.2, -0.15) is 4.31 Å². The number of sulfonamides is 1. The molecule has 0 aliphatic carbocycles. The summed E-state index contributed by atoms with van der Waals surface area (Å²) in [7, 11) is -1.98. The largest absolute Gasteiger partial charge is 0.398 e. The maximum atomic E-state index is 12.5. The molecule has 0 aliphatic heterocycles.